The van der Waals surface area contributed by atoms with Crippen LogP contribution in [0.25, 0.3) is 111 Å². The van der Waals surface area contributed by atoms with E-state index < -0.39 is 11.7 Å². The lowest BCUT2D eigenvalue weighted by atomic mass is 9.95. The molecule has 11 heteroatoms. The van der Waals surface area contributed by atoms with Gasteiger partial charge in [0.2, 0.25) is 0 Å². The standard InChI is InChI=1S/C67H33F3N8/c68-67(69,70)51-26-40(34-71)25-49(27-51)60-33-61(77-62-28-41(52-13-5-1-9-45(52)35-72)17-21-56(62)57-22-18-42(29-63(57)77)53-14-6-2-10-46(53)36-73)50(39-76)32-66(60)78-64-30-43(54-15-7-3-11-47(54)37-74)19-23-58(64)59-24-20-44(31-65(59)78)55-16-8-4-12-48(55)38-75/h1-33H. The van der Waals surface area contributed by atoms with Gasteiger partial charge in [0.05, 0.1) is 103 Å². The Labute approximate surface area is 444 Å². The molecule has 10 aromatic carbocycles. The molecule has 78 heavy (non-hydrogen) atoms. The summed E-state index contributed by atoms with van der Waals surface area (Å²) >= 11 is 0. The van der Waals surface area contributed by atoms with Gasteiger partial charge in [-0.1, -0.05) is 121 Å². The Kier molecular flexibility index (Phi) is 11.4. The monoisotopic (exact) mass is 1010 g/mol. The van der Waals surface area contributed by atoms with Crippen LogP contribution >= 0.6 is 0 Å². The Hall–Kier alpha value is -11.5. The number of halogens is 3. The highest BCUT2D eigenvalue weighted by Crippen LogP contribution is 2.45. The van der Waals surface area contributed by atoms with Crippen molar-refractivity contribution >= 4 is 43.6 Å². The van der Waals surface area contributed by atoms with E-state index in [1.807, 2.05) is 137 Å². The third-order valence-electron chi connectivity index (χ3n) is 14.4. The fraction of sp³-hybridized carbons (Fsp3) is 0.0149. The second kappa shape index (κ2) is 18.8. The molecule has 362 valence electrons. The van der Waals surface area contributed by atoms with Crippen molar-refractivity contribution < 1.29 is 13.2 Å². The van der Waals surface area contributed by atoms with Gasteiger partial charge in [0, 0.05) is 27.1 Å². The lowest BCUT2D eigenvalue weighted by Crippen LogP contribution is -2.07. The zero-order valence-electron chi connectivity index (χ0n) is 40.8. The van der Waals surface area contributed by atoms with Crippen molar-refractivity contribution in [2.75, 3.05) is 0 Å². The van der Waals surface area contributed by atoms with Crippen LogP contribution in [0, 0.1) is 68.0 Å². The van der Waals surface area contributed by atoms with Crippen LogP contribution in [0.3, 0.4) is 0 Å². The van der Waals surface area contributed by atoms with Crippen molar-refractivity contribution in [3.8, 4) is 103 Å². The third kappa shape index (κ3) is 7.82. The summed E-state index contributed by atoms with van der Waals surface area (Å²) in [6.45, 7) is 0. The molecule has 0 aliphatic heterocycles. The smallest absolute Gasteiger partial charge is 0.309 e. The highest BCUT2D eigenvalue weighted by atomic mass is 19.4. The first kappa shape index (κ1) is 47.5. The van der Waals surface area contributed by atoms with E-state index in [2.05, 4.69) is 30.3 Å². The molecule has 2 heterocycles. The Morgan fingerprint density at radius 3 is 0.974 bits per heavy atom. The summed E-state index contributed by atoms with van der Waals surface area (Å²) in [4.78, 5) is 0. The molecular formula is C67H33F3N8. The first-order valence-corrected chi connectivity index (χ1v) is 24.4. The summed E-state index contributed by atoms with van der Waals surface area (Å²) in [5, 5.41) is 66.0. The van der Waals surface area contributed by atoms with Gasteiger partial charge in [-0.15, -0.1) is 0 Å². The van der Waals surface area contributed by atoms with Crippen LogP contribution in [-0.2, 0) is 6.18 Å². The van der Waals surface area contributed by atoms with Crippen LogP contribution in [0.4, 0.5) is 13.2 Å². The predicted octanol–water partition coefficient (Wildman–Crippen LogP) is 16.5. The van der Waals surface area contributed by atoms with Gasteiger partial charge >= 0.3 is 6.18 Å². The molecule has 12 rings (SSSR count). The van der Waals surface area contributed by atoms with Crippen LogP contribution in [0.5, 0.6) is 0 Å². The molecule has 0 N–H and O–H groups in total. The first-order valence-electron chi connectivity index (χ1n) is 24.4. The van der Waals surface area contributed by atoms with E-state index in [1.54, 1.807) is 60.7 Å². The molecule has 0 saturated carbocycles. The van der Waals surface area contributed by atoms with Crippen LogP contribution in [0.2, 0.25) is 0 Å². The molecule has 0 amide bonds. The second-order valence-electron chi connectivity index (χ2n) is 18.6. The Balaban J connectivity index is 1.25. The van der Waals surface area contributed by atoms with Crippen LogP contribution in [0.1, 0.15) is 38.9 Å². The number of hydrogen-bond acceptors (Lipinski definition) is 6. The van der Waals surface area contributed by atoms with E-state index >= 15 is 13.2 Å². The van der Waals surface area contributed by atoms with Gasteiger partial charge in [-0.2, -0.15) is 44.7 Å². The third-order valence-corrected chi connectivity index (χ3v) is 14.4. The molecule has 0 fully saturated rings. The van der Waals surface area contributed by atoms with E-state index in [9.17, 15) is 31.6 Å². The lowest BCUT2D eigenvalue weighted by Gasteiger charge is -2.20. The summed E-state index contributed by atoms with van der Waals surface area (Å²) in [5.41, 5.74) is 9.10. The molecular weight excluding hydrogens is 974 g/mol. The highest BCUT2D eigenvalue weighted by molar-refractivity contribution is 6.13. The highest BCUT2D eigenvalue weighted by Gasteiger charge is 2.32. The first-order chi connectivity index (χ1) is 38.0. The molecule has 8 nitrogen and oxygen atoms in total. The Bertz CT molecular complexity index is 4590. The number of hydrogen-bond donors (Lipinski definition) is 0. The van der Waals surface area contributed by atoms with Crippen LogP contribution in [-0.4, -0.2) is 9.13 Å². The van der Waals surface area contributed by atoms with Gasteiger partial charge < -0.3 is 9.13 Å². The molecule has 0 aliphatic rings. The lowest BCUT2D eigenvalue weighted by molar-refractivity contribution is -0.137. The average Bonchev–Trinajstić information content (AvgIpc) is 4.20. The van der Waals surface area contributed by atoms with Gasteiger partial charge in [-0.25, -0.2) is 0 Å². The zero-order chi connectivity index (χ0) is 53.8. The molecule has 0 bridgehead atoms. The number of aromatic nitrogens is 2. The molecule has 0 spiro atoms. The second-order valence-corrected chi connectivity index (χ2v) is 18.6. The number of fused-ring (bicyclic) bond motifs is 6. The molecule has 0 aliphatic carbocycles. The van der Waals surface area contributed by atoms with Crippen molar-refractivity contribution in [1.29, 1.82) is 31.6 Å². The molecule has 2 aromatic heterocycles. The summed E-state index contributed by atoms with van der Waals surface area (Å²) in [7, 11) is 0. The van der Waals surface area contributed by atoms with Crippen molar-refractivity contribution in [3.63, 3.8) is 0 Å². The Morgan fingerprint density at radius 2 is 0.641 bits per heavy atom. The summed E-state index contributed by atoms with van der Waals surface area (Å²) in [6.07, 6.45) is -4.87. The van der Waals surface area contributed by atoms with Crippen LogP contribution < -0.4 is 0 Å². The van der Waals surface area contributed by atoms with E-state index in [0.29, 0.717) is 94.5 Å². The maximum Gasteiger partial charge on any atom is 0.416 e. The minimum atomic E-state index is -4.87. The van der Waals surface area contributed by atoms with E-state index in [1.165, 1.54) is 6.07 Å². The number of nitriles is 6. The topological polar surface area (TPSA) is 153 Å². The molecule has 0 unspecified atom stereocenters. The molecule has 12 aromatic rings. The minimum absolute atomic E-state index is 0.0297. The molecule has 0 radical (unpaired) electrons. The van der Waals surface area contributed by atoms with Crippen molar-refractivity contribution in [2.45, 2.75) is 6.18 Å². The normalized spacial score (nSPS) is 11.2. The quantitative estimate of drug-likeness (QED) is 0.155. The molecule has 0 atom stereocenters. The van der Waals surface area contributed by atoms with Crippen molar-refractivity contribution in [2.24, 2.45) is 0 Å². The zero-order valence-corrected chi connectivity index (χ0v) is 40.8. The summed E-state index contributed by atoms with van der Waals surface area (Å²) < 4.78 is 49.1. The van der Waals surface area contributed by atoms with Gasteiger partial charge in [0.25, 0.3) is 0 Å². The average molecular weight is 1010 g/mol. The van der Waals surface area contributed by atoms with Crippen molar-refractivity contribution in [1.82, 2.24) is 9.13 Å². The van der Waals surface area contributed by atoms with E-state index in [-0.39, 0.29) is 27.9 Å². The number of nitrogens with zero attached hydrogens (tertiary/aromatic N) is 8. The Morgan fingerprint density at radius 1 is 0.295 bits per heavy atom. The predicted molar refractivity (Wildman–Crippen MR) is 296 cm³/mol. The maximum atomic E-state index is 15.1. The van der Waals surface area contributed by atoms with Gasteiger partial charge in [0.15, 0.2) is 0 Å². The fourth-order valence-electron chi connectivity index (χ4n) is 10.8. The van der Waals surface area contributed by atoms with Gasteiger partial charge in [-0.3, -0.25) is 0 Å². The van der Waals surface area contributed by atoms with Gasteiger partial charge in [-0.05, 0) is 129 Å². The number of alkyl halides is 3. The summed E-state index contributed by atoms with van der Waals surface area (Å²) in [5.74, 6) is 0. The SMILES string of the molecule is N#Cc1cc(-c2cc(-n3c4cc(-c5ccccc5C#N)ccc4c4ccc(-c5ccccc5C#N)cc43)c(C#N)cc2-n2c3cc(-c4ccccc4C#N)ccc3c3ccc(-c4ccccc4C#N)cc32)cc(C(F)(F)F)c1. The summed E-state index contributed by atoms with van der Waals surface area (Å²) in [6, 6.07) is 71.9. The maximum absolute atomic E-state index is 15.1. The number of benzene rings is 10. The van der Waals surface area contributed by atoms with E-state index in [0.717, 1.165) is 33.7 Å². The molecule has 0 saturated heterocycles. The van der Waals surface area contributed by atoms with Gasteiger partial charge in [0.1, 0.15) is 6.07 Å². The van der Waals surface area contributed by atoms with E-state index in [4.69, 9.17) is 0 Å². The minimum Gasteiger partial charge on any atom is -0.309 e. The largest absolute Gasteiger partial charge is 0.416 e. The number of rotatable bonds is 7. The van der Waals surface area contributed by atoms with Crippen molar-refractivity contribution in [3.05, 3.63) is 239 Å². The van der Waals surface area contributed by atoms with Crippen LogP contribution in [0.15, 0.2) is 200 Å². The fourth-order valence-corrected chi connectivity index (χ4v) is 10.8.